The van der Waals surface area contributed by atoms with Crippen molar-refractivity contribution in [2.75, 3.05) is 39.8 Å². The molecule has 94 valence electrons. The summed E-state index contributed by atoms with van der Waals surface area (Å²) in [5, 5.41) is 3.67. The lowest BCUT2D eigenvalue weighted by molar-refractivity contribution is 0.100. The highest BCUT2D eigenvalue weighted by Gasteiger charge is 2.27. The fourth-order valence-electron chi connectivity index (χ4n) is 2.71. The third-order valence-electron chi connectivity index (χ3n) is 4.16. The summed E-state index contributed by atoms with van der Waals surface area (Å²) in [6.07, 6.45) is 2.89. The third-order valence-corrected chi connectivity index (χ3v) is 4.16. The summed E-state index contributed by atoms with van der Waals surface area (Å²) < 4.78 is 0. The number of hydrogen-bond acceptors (Lipinski definition) is 3. The predicted molar refractivity (Wildman–Crippen MR) is 68.7 cm³/mol. The zero-order chi connectivity index (χ0) is 11.5. The van der Waals surface area contributed by atoms with Crippen LogP contribution in [-0.2, 0) is 0 Å². The van der Waals surface area contributed by atoms with E-state index in [1.54, 1.807) is 0 Å². The lowest BCUT2D eigenvalue weighted by atomic mass is 10.2. The quantitative estimate of drug-likeness (QED) is 0.753. The molecule has 1 saturated heterocycles. The van der Waals surface area contributed by atoms with Gasteiger partial charge in [0.05, 0.1) is 0 Å². The minimum atomic E-state index is 0.719. The molecule has 1 N–H and O–H groups in total. The minimum absolute atomic E-state index is 0.719. The van der Waals surface area contributed by atoms with E-state index in [2.05, 4.69) is 36.0 Å². The van der Waals surface area contributed by atoms with E-state index in [1.807, 2.05) is 0 Å². The number of rotatable bonds is 5. The lowest BCUT2D eigenvalue weighted by Gasteiger charge is -2.38. The molecule has 0 bridgehead atoms. The van der Waals surface area contributed by atoms with Gasteiger partial charge >= 0.3 is 0 Å². The first kappa shape index (κ1) is 12.3. The van der Waals surface area contributed by atoms with Crippen molar-refractivity contribution in [3.05, 3.63) is 0 Å². The molecule has 2 rings (SSSR count). The zero-order valence-corrected chi connectivity index (χ0v) is 11.1. The van der Waals surface area contributed by atoms with E-state index >= 15 is 0 Å². The van der Waals surface area contributed by atoms with Gasteiger partial charge in [-0.05, 0) is 39.7 Å². The Morgan fingerprint density at radius 3 is 2.69 bits per heavy atom. The van der Waals surface area contributed by atoms with Gasteiger partial charge in [0, 0.05) is 44.8 Å². The van der Waals surface area contributed by atoms with Crippen LogP contribution in [0.2, 0.25) is 0 Å². The van der Waals surface area contributed by atoms with Gasteiger partial charge in [0.15, 0.2) is 0 Å². The molecule has 0 amide bonds. The maximum atomic E-state index is 3.67. The fraction of sp³-hybridized carbons (Fsp3) is 1.00. The molecule has 0 spiro atoms. The highest BCUT2D eigenvalue weighted by Crippen LogP contribution is 2.32. The first-order valence-electron chi connectivity index (χ1n) is 6.83. The second-order valence-corrected chi connectivity index (χ2v) is 5.73. The van der Waals surface area contributed by atoms with Crippen molar-refractivity contribution < 1.29 is 0 Å². The predicted octanol–water partition coefficient (Wildman–Crippen LogP) is 1.01. The second kappa shape index (κ2) is 5.48. The van der Waals surface area contributed by atoms with Crippen LogP contribution in [-0.4, -0.2) is 61.7 Å². The summed E-state index contributed by atoms with van der Waals surface area (Å²) in [5.41, 5.74) is 0. The van der Waals surface area contributed by atoms with Crippen LogP contribution in [0.4, 0.5) is 0 Å². The first-order chi connectivity index (χ1) is 7.66. The van der Waals surface area contributed by atoms with Gasteiger partial charge in [-0.3, -0.25) is 4.90 Å². The Labute approximate surface area is 100 Å². The van der Waals surface area contributed by atoms with E-state index in [4.69, 9.17) is 0 Å². The van der Waals surface area contributed by atoms with Crippen molar-refractivity contribution in [2.45, 2.75) is 38.8 Å². The van der Waals surface area contributed by atoms with Crippen molar-refractivity contribution >= 4 is 0 Å². The molecule has 3 nitrogen and oxygen atoms in total. The molecule has 2 aliphatic rings. The number of nitrogens with zero attached hydrogens (tertiary/aromatic N) is 2. The van der Waals surface area contributed by atoms with Gasteiger partial charge in [-0.1, -0.05) is 0 Å². The Bertz CT molecular complexity index is 215. The molecule has 2 fully saturated rings. The van der Waals surface area contributed by atoms with Crippen molar-refractivity contribution in [1.82, 2.24) is 15.1 Å². The van der Waals surface area contributed by atoms with E-state index in [1.165, 1.54) is 39.0 Å². The number of hydrogen-bond donors (Lipinski definition) is 1. The Balaban J connectivity index is 1.61. The standard InChI is InChI=1S/C13H27N3/c1-11-10-15(3)8-9-16(11)7-6-14-12(2)13-4-5-13/h11-14H,4-10H2,1-3H3. The minimum Gasteiger partial charge on any atom is -0.313 e. The molecule has 2 atom stereocenters. The van der Waals surface area contributed by atoms with Crippen LogP contribution >= 0.6 is 0 Å². The summed E-state index contributed by atoms with van der Waals surface area (Å²) in [4.78, 5) is 5.05. The van der Waals surface area contributed by atoms with Crippen LogP contribution in [0.3, 0.4) is 0 Å². The average molecular weight is 225 g/mol. The highest BCUT2D eigenvalue weighted by atomic mass is 15.3. The van der Waals surface area contributed by atoms with Crippen LogP contribution in [0, 0.1) is 5.92 Å². The van der Waals surface area contributed by atoms with Gasteiger partial charge in [0.2, 0.25) is 0 Å². The monoisotopic (exact) mass is 225 g/mol. The highest BCUT2D eigenvalue weighted by molar-refractivity contribution is 4.84. The van der Waals surface area contributed by atoms with Crippen molar-refractivity contribution in [2.24, 2.45) is 5.92 Å². The largest absolute Gasteiger partial charge is 0.313 e. The van der Waals surface area contributed by atoms with E-state index < -0.39 is 0 Å². The molecule has 1 aliphatic carbocycles. The van der Waals surface area contributed by atoms with Gasteiger partial charge in [0.25, 0.3) is 0 Å². The summed E-state index contributed by atoms with van der Waals surface area (Å²) in [6, 6.07) is 1.46. The maximum Gasteiger partial charge on any atom is 0.0195 e. The Morgan fingerprint density at radius 2 is 2.06 bits per heavy atom. The van der Waals surface area contributed by atoms with Crippen LogP contribution in [0.25, 0.3) is 0 Å². The molecule has 1 heterocycles. The van der Waals surface area contributed by atoms with Crippen LogP contribution in [0.15, 0.2) is 0 Å². The van der Waals surface area contributed by atoms with E-state index in [0.29, 0.717) is 0 Å². The third kappa shape index (κ3) is 3.44. The van der Waals surface area contributed by atoms with Gasteiger partial charge in [0.1, 0.15) is 0 Å². The molecule has 2 unspecified atom stereocenters. The number of nitrogens with one attached hydrogen (secondary N) is 1. The smallest absolute Gasteiger partial charge is 0.0195 e. The first-order valence-corrected chi connectivity index (χ1v) is 6.83. The normalized spacial score (nSPS) is 30.6. The van der Waals surface area contributed by atoms with E-state index in [0.717, 1.165) is 24.5 Å². The van der Waals surface area contributed by atoms with Gasteiger partial charge in [-0.2, -0.15) is 0 Å². The van der Waals surface area contributed by atoms with Gasteiger partial charge in [-0.25, -0.2) is 0 Å². The van der Waals surface area contributed by atoms with Crippen molar-refractivity contribution in [3.8, 4) is 0 Å². The molecule has 0 aromatic rings. The van der Waals surface area contributed by atoms with Gasteiger partial charge < -0.3 is 10.2 Å². The molecular formula is C13H27N3. The summed E-state index contributed by atoms with van der Waals surface area (Å²) in [5.74, 6) is 0.977. The Morgan fingerprint density at radius 1 is 1.31 bits per heavy atom. The molecule has 16 heavy (non-hydrogen) atoms. The Hall–Kier alpha value is -0.120. The van der Waals surface area contributed by atoms with Crippen LogP contribution in [0.1, 0.15) is 26.7 Å². The molecule has 3 heteroatoms. The van der Waals surface area contributed by atoms with Gasteiger partial charge in [-0.15, -0.1) is 0 Å². The molecule has 0 radical (unpaired) electrons. The molecule has 0 aromatic carbocycles. The number of piperazine rings is 1. The SMILES string of the molecule is CC(NCCN1CCN(C)CC1C)C1CC1. The maximum absolute atomic E-state index is 3.67. The topological polar surface area (TPSA) is 18.5 Å². The van der Waals surface area contributed by atoms with Crippen molar-refractivity contribution in [3.63, 3.8) is 0 Å². The van der Waals surface area contributed by atoms with E-state index in [-0.39, 0.29) is 0 Å². The van der Waals surface area contributed by atoms with Crippen molar-refractivity contribution in [1.29, 1.82) is 0 Å². The number of likely N-dealkylation sites (N-methyl/N-ethyl adjacent to an activating group) is 1. The Kier molecular flexibility index (Phi) is 4.22. The summed E-state index contributed by atoms with van der Waals surface area (Å²) in [6.45, 7) is 10.7. The summed E-state index contributed by atoms with van der Waals surface area (Å²) in [7, 11) is 2.22. The summed E-state index contributed by atoms with van der Waals surface area (Å²) >= 11 is 0. The van der Waals surface area contributed by atoms with E-state index in [9.17, 15) is 0 Å². The molecule has 0 aromatic heterocycles. The second-order valence-electron chi connectivity index (χ2n) is 5.73. The fourth-order valence-corrected chi connectivity index (χ4v) is 2.71. The lowest BCUT2D eigenvalue weighted by Crippen LogP contribution is -2.52. The van der Waals surface area contributed by atoms with Crippen LogP contribution < -0.4 is 5.32 Å². The van der Waals surface area contributed by atoms with Crippen LogP contribution in [0.5, 0.6) is 0 Å². The average Bonchev–Trinajstić information content (AvgIpc) is 3.04. The molecule has 1 aliphatic heterocycles. The zero-order valence-electron chi connectivity index (χ0n) is 11.1. The molecule has 1 saturated carbocycles. The molecular weight excluding hydrogens is 198 g/mol.